The van der Waals surface area contributed by atoms with Crippen LogP contribution in [-0.4, -0.2) is 13.1 Å². The van der Waals surface area contributed by atoms with Gasteiger partial charge >= 0.3 is 21.1 Å². The van der Waals surface area contributed by atoms with Crippen molar-refractivity contribution in [2.24, 2.45) is 16.9 Å². The molecule has 0 amide bonds. The minimum Gasteiger partial charge on any atom is -0.332 e. The van der Waals surface area contributed by atoms with Crippen LogP contribution in [0.5, 0.6) is 0 Å². The van der Waals surface area contributed by atoms with Crippen LogP contribution >= 0.6 is 0 Å². The van der Waals surface area contributed by atoms with Crippen LogP contribution in [0.3, 0.4) is 0 Å². The van der Waals surface area contributed by atoms with Crippen molar-refractivity contribution in [2.45, 2.75) is 25.7 Å². The van der Waals surface area contributed by atoms with E-state index in [9.17, 15) is 0 Å². The predicted molar refractivity (Wildman–Crippen MR) is 43.3 cm³/mol. The van der Waals surface area contributed by atoms with Gasteiger partial charge in [0, 0.05) is 0 Å². The summed E-state index contributed by atoms with van der Waals surface area (Å²) in [5.74, 6) is 0. The number of rotatable bonds is 2. The molecule has 0 bridgehead atoms. The summed E-state index contributed by atoms with van der Waals surface area (Å²) in [7, 11) is 0. The molecular formula is C8H17N2Pt+. The molecule has 0 spiro atoms. The Morgan fingerprint density at radius 3 is 2.09 bits per heavy atom. The standard InChI is InChI=1S/C8H17N2.Pt/c9-6-8(7-10)4-2-1-3-5-8;/h4H,1-3,5-7,9-10H2;/q-1;+2. The second kappa shape index (κ2) is 5.29. The second-order valence-corrected chi connectivity index (χ2v) is 3.22. The topological polar surface area (TPSA) is 52.0 Å². The van der Waals surface area contributed by atoms with E-state index >= 15 is 0 Å². The molecule has 0 heterocycles. The maximum atomic E-state index is 5.64. The molecule has 1 saturated carbocycles. The van der Waals surface area contributed by atoms with Crippen LogP contribution in [0.4, 0.5) is 0 Å². The third-order valence-corrected chi connectivity index (χ3v) is 2.52. The van der Waals surface area contributed by atoms with Crippen molar-refractivity contribution in [3.8, 4) is 0 Å². The Hall–Kier alpha value is 0.608. The van der Waals surface area contributed by atoms with Crippen molar-refractivity contribution in [1.29, 1.82) is 0 Å². The normalized spacial score (nSPS) is 22.4. The first-order chi connectivity index (χ1) is 4.83. The monoisotopic (exact) mass is 336 g/mol. The van der Waals surface area contributed by atoms with Gasteiger partial charge in [0.15, 0.2) is 0 Å². The molecule has 0 atom stereocenters. The Labute approximate surface area is 83.4 Å². The molecule has 1 fully saturated rings. The second-order valence-electron chi connectivity index (χ2n) is 3.22. The number of nitrogens with two attached hydrogens (primary N) is 2. The van der Waals surface area contributed by atoms with Crippen molar-refractivity contribution in [1.82, 2.24) is 0 Å². The average Bonchev–Trinajstić information content (AvgIpc) is 2.06. The molecule has 3 heteroatoms. The van der Waals surface area contributed by atoms with Gasteiger partial charge in [0.1, 0.15) is 0 Å². The van der Waals surface area contributed by atoms with Gasteiger partial charge in [-0.25, -0.2) is 0 Å². The molecule has 0 aromatic rings. The Kier molecular flexibility index (Phi) is 5.58. The van der Waals surface area contributed by atoms with Gasteiger partial charge in [-0.1, -0.05) is 19.3 Å². The summed E-state index contributed by atoms with van der Waals surface area (Å²) in [6.45, 7) is 1.45. The number of hydrogen-bond acceptors (Lipinski definition) is 2. The molecule has 2 nitrogen and oxygen atoms in total. The zero-order valence-electron chi connectivity index (χ0n) is 6.79. The molecule has 4 N–H and O–H groups in total. The third-order valence-electron chi connectivity index (χ3n) is 2.52. The molecule has 0 aliphatic heterocycles. The molecule has 0 aromatic carbocycles. The average molecular weight is 336 g/mol. The van der Waals surface area contributed by atoms with Gasteiger partial charge in [0.25, 0.3) is 0 Å². The Morgan fingerprint density at radius 2 is 1.82 bits per heavy atom. The Bertz CT molecular complexity index is 94.3. The molecule has 0 radical (unpaired) electrons. The van der Waals surface area contributed by atoms with E-state index in [-0.39, 0.29) is 26.5 Å². The maximum Gasteiger partial charge on any atom is 2.00 e. The number of hydrogen-bond donors (Lipinski definition) is 2. The summed E-state index contributed by atoms with van der Waals surface area (Å²) in [6.07, 6.45) is 7.33. The van der Waals surface area contributed by atoms with E-state index in [1.54, 1.807) is 0 Å². The van der Waals surface area contributed by atoms with Crippen LogP contribution in [-0.2, 0) is 21.1 Å². The van der Waals surface area contributed by atoms with Gasteiger partial charge in [-0.15, -0.1) is 5.41 Å². The molecule has 0 saturated heterocycles. The summed E-state index contributed by atoms with van der Waals surface area (Å²) in [5, 5.41) is 0. The molecule has 1 aliphatic carbocycles. The van der Waals surface area contributed by atoms with Crippen LogP contribution < -0.4 is 11.5 Å². The van der Waals surface area contributed by atoms with E-state index < -0.39 is 0 Å². The van der Waals surface area contributed by atoms with Crippen molar-refractivity contribution in [3.63, 3.8) is 0 Å². The van der Waals surface area contributed by atoms with E-state index in [1.165, 1.54) is 25.7 Å². The minimum atomic E-state index is 0. The molecule has 0 aromatic heterocycles. The maximum absolute atomic E-state index is 5.64. The molecule has 11 heavy (non-hydrogen) atoms. The fourth-order valence-electron chi connectivity index (χ4n) is 1.59. The van der Waals surface area contributed by atoms with Crippen molar-refractivity contribution >= 4 is 0 Å². The van der Waals surface area contributed by atoms with E-state index in [1.807, 2.05) is 0 Å². The Morgan fingerprint density at radius 1 is 1.18 bits per heavy atom. The summed E-state index contributed by atoms with van der Waals surface area (Å²) in [6, 6.07) is 0. The Balaban J connectivity index is 0.000001000. The third kappa shape index (κ3) is 2.85. The van der Waals surface area contributed by atoms with Crippen molar-refractivity contribution in [3.05, 3.63) is 6.42 Å². The first kappa shape index (κ1) is 11.6. The van der Waals surface area contributed by atoms with Gasteiger partial charge < -0.3 is 17.9 Å². The van der Waals surface area contributed by atoms with E-state index in [0.29, 0.717) is 0 Å². The first-order valence-electron chi connectivity index (χ1n) is 4.07. The van der Waals surface area contributed by atoms with Gasteiger partial charge in [0.2, 0.25) is 0 Å². The molecule has 68 valence electrons. The quantitative estimate of drug-likeness (QED) is 0.728. The zero-order chi connectivity index (χ0) is 7.45. The summed E-state index contributed by atoms with van der Waals surface area (Å²) in [5.41, 5.74) is 11.5. The minimum absolute atomic E-state index is 0. The van der Waals surface area contributed by atoms with E-state index in [4.69, 9.17) is 11.5 Å². The zero-order valence-corrected chi connectivity index (χ0v) is 9.06. The molecule has 1 aliphatic rings. The van der Waals surface area contributed by atoms with Crippen LogP contribution in [0.25, 0.3) is 0 Å². The van der Waals surface area contributed by atoms with Gasteiger partial charge in [0.05, 0.1) is 0 Å². The van der Waals surface area contributed by atoms with Crippen molar-refractivity contribution in [2.75, 3.05) is 13.1 Å². The summed E-state index contributed by atoms with van der Waals surface area (Å²) in [4.78, 5) is 0. The van der Waals surface area contributed by atoms with Crippen LogP contribution in [0.2, 0.25) is 0 Å². The van der Waals surface area contributed by atoms with Gasteiger partial charge in [-0.2, -0.15) is 6.42 Å². The van der Waals surface area contributed by atoms with Gasteiger partial charge in [-0.05, 0) is 13.1 Å². The van der Waals surface area contributed by atoms with E-state index in [2.05, 4.69) is 6.42 Å². The fourth-order valence-corrected chi connectivity index (χ4v) is 1.59. The first-order valence-corrected chi connectivity index (χ1v) is 4.07. The largest absolute Gasteiger partial charge is 2.00 e. The molecule has 1 rings (SSSR count). The smallest absolute Gasteiger partial charge is 0.332 e. The summed E-state index contributed by atoms with van der Waals surface area (Å²) >= 11 is 0. The molecule has 0 unspecified atom stereocenters. The van der Waals surface area contributed by atoms with Crippen LogP contribution in [0.15, 0.2) is 0 Å². The fraction of sp³-hybridized carbons (Fsp3) is 0.875. The van der Waals surface area contributed by atoms with Crippen LogP contribution in [0, 0.1) is 11.8 Å². The van der Waals surface area contributed by atoms with Gasteiger partial charge in [-0.3, -0.25) is 0 Å². The summed E-state index contributed by atoms with van der Waals surface area (Å²) < 4.78 is 0. The van der Waals surface area contributed by atoms with Crippen LogP contribution in [0.1, 0.15) is 25.7 Å². The molecular weight excluding hydrogens is 319 g/mol. The van der Waals surface area contributed by atoms with E-state index in [0.717, 1.165) is 13.1 Å². The predicted octanol–water partition coefficient (Wildman–Crippen LogP) is 0.666. The van der Waals surface area contributed by atoms with Crippen molar-refractivity contribution < 1.29 is 21.1 Å². The SMILES string of the molecule is NCC1(CN)[CH-]CCCC1.[Pt+2].